The van der Waals surface area contributed by atoms with Gasteiger partial charge in [-0.3, -0.25) is 0 Å². The lowest BCUT2D eigenvalue weighted by Gasteiger charge is -2.07. The maximum Gasteiger partial charge on any atom is 0.0685 e. The van der Waals surface area contributed by atoms with E-state index in [2.05, 4.69) is 15.9 Å². The van der Waals surface area contributed by atoms with Crippen molar-refractivity contribution >= 4 is 39.1 Å². The fourth-order valence-electron chi connectivity index (χ4n) is 0.925. The summed E-state index contributed by atoms with van der Waals surface area (Å²) in [5.41, 5.74) is 1.66. The standard InChI is InChI=1S/C8H7BrCl2O/c9-3-6-5(4-12)1-2-7(10)8(6)11/h1-2,12H,3-4H2. The maximum absolute atomic E-state index is 8.94. The van der Waals surface area contributed by atoms with Gasteiger partial charge in [-0.15, -0.1) is 0 Å². The molecule has 0 saturated carbocycles. The normalized spacial score (nSPS) is 10.3. The first kappa shape index (κ1) is 10.3. The first-order chi connectivity index (χ1) is 5.70. The number of halogens is 3. The molecule has 0 spiro atoms. The van der Waals surface area contributed by atoms with E-state index >= 15 is 0 Å². The number of hydrogen-bond acceptors (Lipinski definition) is 1. The van der Waals surface area contributed by atoms with Gasteiger partial charge in [-0.2, -0.15) is 0 Å². The highest BCUT2D eigenvalue weighted by molar-refractivity contribution is 9.08. The summed E-state index contributed by atoms with van der Waals surface area (Å²) in [6.07, 6.45) is 0. The van der Waals surface area contributed by atoms with Crippen molar-refractivity contribution in [2.45, 2.75) is 11.9 Å². The Morgan fingerprint density at radius 1 is 1.33 bits per heavy atom. The average Bonchev–Trinajstić information content (AvgIpc) is 2.09. The molecule has 0 heterocycles. The van der Waals surface area contributed by atoms with Crippen molar-refractivity contribution in [3.8, 4) is 0 Å². The molecule has 0 bridgehead atoms. The minimum absolute atomic E-state index is 0.0160. The van der Waals surface area contributed by atoms with E-state index in [1.165, 1.54) is 0 Å². The van der Waals surface area contributed by atoms with Crippen LogP contribution in [-0.4, -0.2) is 5.11 Å². The first-order valence-corrected chi connectivity index (χ1v) is 5.21. The second-order valence-corrected chi connectivity index (χ2v) is 3.64. The lowest BCUT2D eigenvalue weighted by atomic mass is 10.1. The van der Waals surface area contributed by atoms with Crippen LogP contribution in [0.25, 0.3) is 0 Å². The molecule has 0 atom stereocenters. The van der Waals surface area contributed by atoms with Gasteiger partial charge in [0.15, 0.2) is 0 Å². The van der Waals surface area contributed by atoms with Gasteiger partial charge in [0.25, 0.3) is 0 Å². The van der Waals surface area contributed by atoms with Gasteiger partial charge in [0.05, 0.1) is 16.7 Å². The molecule has 66 valence electrons. The third kappa shape index (κ3) is 1.94. The summed E-state index contributed by atoms with van der Waals surface area (Å²) in [6.45, 7) is -0.0160. The molecule has 0 fully saturated rings. The van der Waals surface area contributed by atoms with E-state index < -0.39 is 0 Å². The van der Waals surface area contributed by atoms with Crippen molar-refractivity contribution in [3.63, 3.8) is 0 Å². The molecular weight excluding hydrogens is 263 g/mol. The molecule has 0 aromatic heterocycles. The summed E-state index contributed by atoms with van der Waals surface area (Å²) >= 11 is 15.0. The Bertz CT molecular complexity index is 289. The Morgan fingerprint density at radius 2 is 2.00 bits per heavy atom. The van der Waals surface area contributed by atoms with Crippen molar-refractivity contribution in [2.24, 2.45) is 0 Å². The van der Waals surface area contributed by atoms with Crippen LogP contribution in [-0.2, 0) is 11.9 Å². The molecule has 0 unspecified atom stereocenters. The van der Waals surface area contributed by atoms with E-state index in [9.17, 15) is 0 Å². The zero-order chi connectivity index (χ0) is 9.14. The maximum atomic E-state index is 8.94. The predicted octanol–water partition coefficient (Wildman–Crippen LogP) is 3.38. The Balaban J connectivity index is 3.25. The van der Waals surface area contributed by atoms with E-state index in [0.717, 1.165) is 11.1 Å². The van der Waals surface area contributed by atoms with Crippen LogP contribution < -0.4 is 0 Å². The highest BCUT2D eigenvalue weighted by Crippen LogP contribution is 2.30. The first-order valence-electron chi connectivity index (χ1n) is 3.33. The van der Waals surface area contributed by atoms with E-state index in [4.69, 9.17) is 28.3 Å². The van der Waals surface area contributed by atoms with E-state index in [0.29, 0.717) is 15.4 Å². The molecule has 4 heteroatoms. The summed E-state index contributed by atoms with van der Waals surface area (Å²) in [4.78, 5) is 0. The lowest BCUT2D eigenvalue weighted by molar-refractivity contribution is 0.281. The van der Waals surface area contributed by atoms with Gasteiger partial charge >= 0.3 is 0 Å². The number of hydrogen-bond donors (Lipinski definition) is 1. The van der Waals surface area contributed by atoms with Crippen LogP contribution in [0.15, 0.2) is 12.1 Å². The van der Waals surface area contributed by atoms with Crippen molar-refractivity contribution in [2.75, 3.05) is 0 Å². The van der Waals surface area contributed by atoms with Gasteiger partial charge in [-0.25, -0.2) is 0 Å². The largest absolute Gasteiger partial charge is 0.392 e. The molecule has 0 saturated heterocycles. The van der Waals surface area contributed by atoms with Gasteiger partial charge < -0.3 is 5.11 Å². The highest BCUT2D eigenvalue weighted by atomic mass is 79.9. The van der Waals surface area contributed by atoms with Gasteiger partial charge in [0.1, 0.15) is 0 Å². The minimum atomic E-state index is -0.0160. The fourth-order valence-corrected chi connectivity index (χ4v) is 2.16. The Morgan fingerprint density at radius 3 is 2.50 bits per heavy atom. The summed E-state index contributed by atoms with van der Waals surface area (Å²) in [5, 5.41) is 10.6. The smallest absolute Gasteiger partial charge is 0.0685 e. The van der Waals surface area contributed by atoms with Gasteiger partial charge in [0, 0.05) is 5.33 Å². The number of alkyl halides is 1. The third-order valence-electron chi connectivity index (χ3n) is 1.60. The van der Waals surface area contributed by atoms with Crippen molar-refractivity contribution in [1.82, 2.24) is 0 Å². The molecule has 0 radical (unpaired) electrons. The fraction of sp³-hybridized carbons (Fsp3) is 0.250. The van der Waals surface area contributed by atoms with Crippen molar-refractivity contribution in [3.05, 3.63) is 33.3 Å². The van der Waals surface area contributed by atoms with E-state index in [1.54, 1.807) is 12.1 Å². The molecule has 0 amide bonds. The molecule has 1 aromatic carbocycles. The van der Waals surface area contributed by atoms with Crippen molar-refractivity contribution in [1.29, 1.82) is 0 Å². The molecular formula is C8H7BrCl2O. The highest BCUT2D eigenvalue weighted by Gasteiger charge is 2.08. The summed E-state index contributed by atoms with van der Waals surface area (Å²) in [6, 6.07) is 3.45. The van der Waals surface area contributed by atoms with Crippen LogP contribution >= 0.6 is 39.1 Å². The van der Waals surface area contributed by atoms with Crippen LogP contribution in [0, 0.1) is 0 Å². The number of rotatable bonds is 2. The molecule has 1 rings (SSSR count). The van der Waals surface area contributed by atoms with Crippen LogP contribution in [0.2, 0.25) is 10.0 Å². The molecule has 12 heavy (non-hydrogen) atoms. The summed E-state index contributed by atoms with van der Waals surface area (Å²) in [5.74, 6) is 0. The summed E-state index contributed by atoms with van der Waals surface area (Å²) in [7, 11) is 0. The zero-order valence-electron chi connectivity index (χ0n) is 6.15. The third-order valence-corrected chi connectivity index (χ3v) is 3.00. The molecule has 0 aliphatic heterocycles. The van der Waals surface area contributed by atoms with E-state index in [1.807, 2.05) is 0 Å². The molecule has 1 nitrogen and oxygen atoms in total. The quantitative estimate of drug-likeness (QED) is 0.817. The zero-order valence-corrected chi connectivity index (χ0v) is 9.25. The summed E-state index contributed by atoms with van der Waals surface area (Å²) < 4.78 is 0. The second kappa shape index (κ2) is 4.47. The van der Waals surface area contributed by atoms with E-state index in [-0.39, 0.29) is 6.61 Å². The molecule has 1 aromatic rings. The average molecular weight is 270 g/mol. The number of aliphatic hydroxyl groups excluding tert-OH is 1. The Hall–Kier alpha value is 0.240. The van der Waals surface area contributed by atoms with Crippen molar-refractivity contribution < 1.29 is 5.11 Å². The lowest BCUT2D eigenvalue weighted by Crippen LogP contribution is -1.92. The van der Waals surface area contributed by atoms with Crippen LogP contribution in [0.4, 0.5) is 0 Å². The van der Waals surface area contributed by atoms with Crippen LogP contribution in [0.3, 0.4) is 0 Å². The molecule has 0 aliphatic carbocycles. The van der Waals surface area contributed by atoms with Gasteiger partial charge in [-0.05, 0) is 17.2 Å². The predicted molar refractivity (Wildman–Crippen MR) is 55.0 cm³/mol. The minimum Gasteiger partial charge on any atom is -0.392 e. The Kier molecular flexibility index (Phi) is 3.84. The van der Waals surface area contributed by atoms with Gasteiger partial charge in [-0.1, -0.05) is 45.2 Å². The SMILES string of the molecule is OCc1ccc(Cl)c(Cl)c1CBr. The topological polar surface area (TPSA) is 20.2 Å². The molecule has 1 N–H and O–H groups in total. The monoisotopic (exact) mass is 268 g/mol. The number of benzene rings is 1. The second-order valence-electron chi connectivity index (χ2n) is 2.29. The van der Waals surface area contributed by atoms with Crippen LogP contribution in [0.1, 0.15) is 11.1 Å². The van der Waals surface area contributed by atoms with Crippen LogP contribution in [0.5, 0.6) is 0 Å². The Labute approximate surface area is 89.4 Å². The molecule has 0 aliphatic rings. The van der Waals surface area contributed by atoms with Gasteiger partial charge in [0.2, 0.25) is 0 Å². The number of aliphatic hydroxyl groups is 1.